The van der Waals surface area contributed by atoms with Crippen molar-refractivity contribution in [1.82, 2.24) is 8.75 Å². The van der Waals surface area contributed by atoms with Crippen LogP contribution in [0.5, 0.6) is 0 Å². The molecule has 2 rings (SSSR count). The monoisotopic (exact) mass is 312 g/mol. The Labute approximate surface area is 125 Å². The topological polar surface area (TPSA) is 42.9 Å². The smallest absolute Gasteiger partial charge is 0.250 e. The van der Waals surface area contributed by atoms with Crippen molar-refractivity contribution < 1.29 is 0 Å². The van der Waals surface area contributed by atoms with Gasteiger partial charge in [0.2, 0.25) is 5.43 Å². The van der Waals surface area contributed by atoms with Crippen molar-refractivity contribution in [2.24, 2.45) is 0 Å². The van der Waals surface area contributed by atoms with Gasteiger partial charge in [-0.25, -0.2) is 0 Å². The van der Waals surface area contributed by atoms with E-state index in [1.807, 2.05) is 12.1 Å². The maximum Gasteiger partial charge on any atom is 0.250 e. The number of halogens is 1. The lowest BCUT2D eigenvalue weighted by Crippen LogP contribution is -2.10. The maximum atomic E-state index is 11.7. The van der Waals surface area contributed by atoms with E-state index in [-0.39, 0.29) is 16.0 Å². The molecule has 2 aromatic rings. The SMILES string of the molecule is CC(C)(C)c1ccc(Sc2nsnc(Cl)c2=O)cc1. The third kappa shape index (κ3) is 3.55. The van der Waals surface area contributed by atoms with E-state index in [9.17, 15) is 4.79 Å². The summed E-state index contributed by atoms with van der Waals surface area (Å²) in [5, 5.41) is 0.349. The van der Waals surface area contributed by atoms with Gasteiger partial charge in [0.15, 0.2) is 10.2 Å². The molecule has 0 bridgehead atoms. The van der Waals surface area contributed by atoms with E-state index >= 15 is 0 Å². The minimum atomic E-state index is -0.315. The quantitative estimate of drug-likeness (QED) is 0.840. The molecule has 0 atom stereocenters. The average molecular weight is 313 g/mol. The zero-order valence-corrected chi connectivity index (χ0v) is 13.2. The predicted molar refractivity (Wildman–Crippen MR) is 80.5 cm³/mol. The van der Waals surface area contributed by atoms with Gasteiger partial charge in [0.1, 0.15) is 0 Å². The van der Waals surface area contributed by atoms with Crippen LogP contribution in [0.25, 0.3) is 0 Å². The van der Waals surface area contributed by atoms with Gasteiger partial charge in [-0.05, 0) is 23.1 Å². The summed E-state index contributed by atoms with van der Waals surface area (Å²) in [5.41, 5.74) is 1.06. The molecular weight excluding hydrogens is 300 g/mol. The summed E-state index contributed by atoms with van der Waals surface area (Å²) in [7, 11) is 0. The molecule has 0 N–H and O–H groups in total. The predicted octanol–water partition coefficient (Wildman–Crippen LogP) is 4.00. The third-order valence-electron chi connectivity index (χ3n) is 2.56. The van der Waals surface area contributed by atoms with Crippen LogP contribution < -0.4 is 5.43 Å². The van der Waals surface area contributed by atoms with Gasteiger partial charge in [0, 0.05) is 4.90 Å². The number of hydrogen-bond acceptors (Lipinski definition) is 5. The summed E-state index contributed by atoms with van der Waals surface area (Å²) < 4.78 is 7.70. The molecule has 0 spiro atoms. The molecule has 0 fully saturated rings. The van der Waals surface area contributed by atoms with Gasteiger partial charge in [0.05, 0.1) is 11.7 Å². The van der Waals surface area contributed by atoms with Crippen molar-refractivity contribution in [3.63, 3.8) is 0 Å². The zero-order chi connectivity index (χ0) is 14.0. The first-order chi connectivity index (χ1) is 8.88. The molecule has 3 nitrogen and oxygen atoms in total. The van der Waals surface area contributed by atoms with Gasteiger partial charge in [0.25, 0.3) is 0 Å². The highest BCUT2D eigenvalue weighted by atomic mass is 35.5. The van der Waals surface area contributed by atoms with Crippen molar-refractivity contribution in [1.29, 1.82) is 0 Å². The largest absolute Gasteiger partial charge is 0.283 e. The van der Waals surface area contributed by atoms with Crippen LogP contribution in [0.1, 0.15) is 26.3 Å². The maximum absolute atomic E-state index is 11.7. The molecule has 19 heavy (non-hydrogen) atoms. The third-order valence-corrected chi connectivity index (χ3v) is 4.54. The minimum absolute atomic E-state index is 0.0196. The molecule has 1 heterocycles. The molecule has 0 saturated heterocycles. The first kappa shape index (κ1) is 14.5. The van der Waals surface area contributed by atoms with Crippen LogP contribution in [-0.2, 0) is 5.41 Å². The Balaban J connectivity index is 2.25. The minimum Gasteiger partial charge on any atom is -0.283 e. The number of hydrogen-bond donors (Lipinski definition) is 0. The van der Waals surface area contributed by atoms with Gasteiger partial charge in [-0.1, -0.05) is 56.3 Å². The van der Waals surface area contributed by atoms with Crippen LogP contribution in [-0.4, -0.2) is 8.75 Å². The van der Waals surface area contributed by atoms with E-state index < -0.39 is 0 Å². The fourth-order valence-electron chi connectivity index (χ4n) is 1.46. The Bertz CT molecular complexity index is 632. The highest BCUT2D eigenvalue weighted by molar-refractivity contribution is 7.99. The van der Waals surface area contributed by atoms with E-state index in [2.05, 4.69) is 41.7 Å². The van der Waals surface area contributed by atoms with E-state index in [0.717, 1.165) is 16.6 Å². The molecule has 1 aromatic heterocycles. The molecule has 0 unspecified atom stereocenters. The molecule has 0 aliphatic rings. The second kappa shape index (κ2) is 5.61. The first-order valence-corrected chi connectivity index (χ1v) is 7.61. The fraction of sp³-hybridized carbons (Fsp3) is 0.308. The molecule has 0 amide bonds. The van der Waals surface area contributed by atoms with Gasteiger partial charge >= 0.3 is 0 Å². The fourth-order valence-corrected chi connectivity index (χ4v) is 2.99. The van der Waals surface area contributed by atoms with Crippen molar-refractivity contribution >= 4 is 35.1 Å². The Kier molecular flexibility index (Phi) is 4.28. The van der Waals surface area contributed by atoms with Crippen LogP contribution >= 0.6 is 35.1 Å². The first-order valence-electron chi connectivity index (χ1n) is 5.69. The van der Waals surface area contributed by atoms with Crippen LogP contribution in [0.2, 0.25) is 5.15 Å². The van der Waals surface area contributed by atoms with E-state index in [4.69, 9.17) is 11.6 Å². The van der Waals surface area contributed by atoms with Crippen LogP contribution in [0.4, 0.5) is 0 Å². The Hall–Kier alpha value is -0.910. The van der Waals surface area contributed by atoms with E-state index in [1.165, 1.54) is 17.3 Å². The summed E-state index contributed by atoms with van der Waals surface area (Å²) in [4.78, 5) is 12.7. The van der Waals surface area contributed by atoms with Crippen LogP contribution in [0.3, 0.4) is 0 Å². The van der Waals surface area contributed by atoms with E-state index in [0.29, 0.717) is 5.03 Å². The summed E-state index contributed by atoms with van der Waals surface area (Å²) >= 11 is 7.95. The highest BCUT2D eigenvalue weighted by Crippen LogP contribution is 2.28. The lowest BCUT2D eigenvalue weighted by atomic mass is 9.87. The van der Waals surface area contributed by atoms with Crippen LogP contribution in [0.15, 0.2) is 39.0 Å². The Morgan fingerprint density at radius 3 is 2.37 bits per heavy atom. The van der Waals surface area contributed by atoms with Crippen molar-refractivity contribution in [3.05, 3.63) is 45.2 Å². The van der Waals surface area contributed by atoms with Crippen molar-refractivity contribution in [3.8, 4) is 0 Å². The van der Waals surface area contributed by atoms with Crippen molar-refractivity contribution in [2.75, 3.05) is 0 Å². The molecular formula is C13H13ClN2OS2. The molecule has 1 aromatic carbocycles. The number of rotatable bonds is 2. The average Bonchev–Trinajstić information content (AvgIpc) is 2.35. The van der Waals surface area contributed by atoms with Gasteiger partial charge < -0.3 is 0 Å². The molecule has 0 aliphatic carbocycles. The summed E-state index contributed by atoms with van der Waals surface area (Å²) in [5.74, 6) is 0. The lowest BCUT2D eigenvalue weighted by molar-refractivity contribution is 0.590. The highest BCUT2D eigenvalue weighted by Gasteiger charge is 2.14. The second-order valence-corrected chi connectivity index (χ2v) is 7.01. The Morgan fingerprint density at radius 1 is 1.16 bits per heavy atom. The molecule has 100 valence electrons. The molecule has 0 aliphatic heterocycles. The molecule has 0 radical (unpaired) electrons. The normalized spacial score (nSPS) is 11.6. The van der Waals surface area contributed by atoms with E-state index in [1.54, 1.807) is 0 Å². The number of benzene rings is 1. The van der Waals surface area contributed by atoms with Crippen molar-refractivity contribution in [2.45, 2.75) is 36.1 Å². The van der Waals surface area contributed by atoms with Gasteiger partial charge in [-0.2, -0.15) is 8.75 Å². The summed E-state index contributed by atoms with van der Waals surface area (Å²) in [6.45, 7) is 6.49. The van der Waals surface area contributed by atoms with Gasteiger partial charge in [-0.15, -0.1) is 0 Å². The number of nitrogens with zero attached hydrogens (tertiary/aromatic N) is 2. The molecule has 6 heteroatoms. The Morgan fingerprint density at radius 2 is 1.79 bits per heavy atom. The summed E-state index contributed by atoms with van der Waals surface area (Å²) in [6.07, 6.45) is 0. The summed E-state index contributed by atoms with van der Waals surface area (Å²) in [6, 6.07) is 8.12. The van der Waals surface area contributed by atoms with Crippen LogP contribution in [0, 0.1) is 0 Å². The standard InChI is InChI=1S/C13H13ClN2OS2/c1-13(2,3)8-4-6-9(7-5-8)18-12-10(17)11(14)15-19-16-12/h4-7H,1-3H3. The zero-order valence-electron chi connectivity index (χ0n) is 10.8. The molecule has 0 saturated carbocycles. The van der Waals surface area contributed by atoms with Gasteiger partial charge in [-0.3, -0.25) is 4.79 Å². The number of aromatic nitrogens is 2. The second-order valence-electron chi connectivity index (χ2n) is 5.07. The lowest BCUT2D eigenvalue weighted by Gasteiger charge is -2.18.